The van der Waals surface area contributed by atoms with Crippen LogP contribution in [-0.4, -0.2) is 52.3 Å². The summed E-state index contributed by atoms with van der Waals surface area (Å²) >= 11 is 0. The van der Waals surface area contributed by atoms with E-state index in [1.54, 1.807) is 7.05 Å². The lowest BCUT2D eigenvalue weighted by molar-refractivity contribution is -0.137. The number of halogens is 3. The molecule has 0 radical (unpaired) electrons. The summed E-state index contributed by atoms with van der Waals surface area (Å²) < 4.78 is 40.6. The number of carbonyl (C=O) groups is 1. The van der Waals surface area contributed by atoms with Crippen LogP contribution in [0.15, 0.2) is 18.2 Å². The van der Waals surface area contributed by atoms with Gasteiger partial charge in [-0.15, -0.1) is 0 Å². The fourth-order valence-electron chi connectivity index (χ4n) is 5.02. The number of nitrogens with one attached hydrogen (secondary N) is 3. The predicted octanol–water partition coefficient (Wildman–Crippen LogP) is 3.52. The largest absolute Gasteiger partial charge is 0.416 e. The van der Waals surface area contributed by atoms with Gasteiger partial charge in [0.2, 0.25) is 0 Å². The molecule has 4 rings (SSSR count). The molecule has 10 heteroatoms. The third-order valence-corrected chi connectivity index (χ3v) is 7.16. The number of carbonyl (C=O) groups excluding carboxylic acids is 1. The molecule has 1 amide bonds. The van der Waals surface area contributed by atoms with E-state index >= 15 is 0 Å². The van der Waals surface area contributed by atoms with E-state index in [2.05, 4.69) is 40.0 Å². The Balaban J connectivity index is 1.21. The van der Waals surface area contributed by atoms with E-state index in [0.717, 1.165) is 37.1 Å². The SMILES string of the molecule is CC(C)C1CCC(N2CC(NCC(=O)NNc3nn(C)c4ccc(C(F)(F)F)cc34)C2)CC1. The number of nitrogens with zero attached hydrogens (tertiary/aromatic N) is 3. The van der Waals surface area contributed by atoms with Gasteiger partial charge in [0.15, 0.2) is 5.82 Å². The molecule has 2 heterocycles. The Morgan fingerprint density at radius 1 is 1.18 bits per heavy atom. The third kappa shape index (κ3) is 5.43. The molecule has 0 bridgehead atoms. The standard InChI is InChI=1S/C23H33F3N6O/c1-14(2)15-4-7-18(8-5-15)32-12-17(13-32)27-11-21(33)28-29-22-19-10-16(23(24,25)26)6-9-20(19)31(3)30-22/h6,9-10,14-15,17-18,27H,4-5,7-8,11-13H2,1-3H3,(H,28,33)(H,29,30). The maximum absolute atomic E-state index is 13.0. The van der Waals surface area contributed by atoms with Gasteiger partial charge in [-0.3, -0.25) is 25.2 Å². The number of hydrogen-bond donors (Lipinski definition) is 3. The van der Waals surface area contributed by atoms with Gasteiger partial charge in [0.05, 0.1) is 17.6 Å². The van der Waals surface area contributed by atoms with Crippen LogP contribution in [0.4, 0.5) is 19.0 Å². The zero-order chi connectivity index (χ0) is 23.8. The highest BCUT2D eigenvalue weighted by Gasteiger charge is 2.35. The first-order valence-electron chi connectivity index (χ1n) is 11.7. The van der Waals surface area contributed by atoms with E-state index < -0.39 is 11.7 Å². The van der Waals surface area contributed by atoms with Gasteiger partial charge in [-0.25, -0.2) is 0 Å². The molecule has 1 aromatic carbocycles. The van der Waals surface area contributed by atoms with E-state index in [1.165, 1.54) is 36.4 Å². The van der Waals surface area contributed by atoms with Gasteiger partial charge in [-0.2, -0.15) is 18.3 Å². The lowest BCUT2D eigenvalue weighted by Crippen LogP contribution is -2.62. The zero-order valence-electron chi connectivity index (χ0n) is 19.4. The highest BCUT2D eigenvalue weighted by molar-refractivity contribution is 5.91. The van der Waals surface area contributed by atoms with Gasteiger partial charge >= 0.3 is 6.18 Å². The van der Waals surface area contributed by atoms with Crippen LogP contribution in [0.25, 0.3) is 10.9 Å². The number of alkyl halides is 3. The van der Waals surface area contributed by atoms with Crippen molar-refractivity contribution >= 4 is 22.6 Å². The summed E-state index contributed by atoms with van der Waals surface area (Å²) in [7, 11) is 1.64. The van der Waals surface area contributed by atoms with Crippen molar-refractivity contribution in [3.63, 3.8) is 0 Å². The quantitative estimate of drug-likeness (QED) is 0.545. The average molecular weight is 467 g/mol. The molecule has 3 N–H and O–H groups in total. The molecule has 1 aromatic heterocycles. The first-order valence-corrected chi connectivity index (χ1v) is 11.7. The van der Waals surface area contributed by atoms with E-state index in [-0.39, 0.29) is 24.3 Å². The van der Waals surface area contributed by atoms with Gasteiger partial charge in [0.25, 0.3) is 5.91 Å². The van der Waals surface area contributed by atoms with Crippen molar-refractivity contribution < 1.29 is 18.0 Å². The number of benzene rings is 1. The van der Waals surface area contributed by atoms with Crippen molar-refractivity contribution in [2.24, 2.45) is 18.9 Å². The van der Waals surface area contributed by atoms with Crippen molar-refractivity contribution in [2.45, 2.75) is 57.8 Å². The molecular weight excluding hydrogens is 433 g/mol. The summed E-state index contributed by atoms with van der Waals surface area (Å²) in [5, 5.41) is 7.73. The van der Waals surface area contributed by atoms with Gasteiger partial charge in [-0.1, -0.05) is 13.8 Å². The van der Waals surface area contributed by atoms with Gasteiger partial charge < -0.3 is 5.32 Å². The molecule has 33 heavy (non-hydrogen) atoms. The Morgan fingerprint density at radius 2 is 1.88 bits per heavy atom. The highest BCUT2D eigenvalue weighted by Crippen LogP contribution is 2.34. The lowest BCUT2D eigenvalue weighted by Gasteiger charge is -2.47. The molecule has 2 aromatic rings. The Kier molecular flexibility index (Phi) is 6.86. The highest BCUT2D eigenvalue weighted by atomic mass is 19.4. The van der Waals surface area contributed by atoms with Crippen LogP contribution in [-0.2, 0) is 18.0 Å². The topological polar surface area (TPSA) is 74.2 Å². The summed E-state index contributed by atoms with van der Waals surface area (Å²) in [5.41, 5.74) is 4.98. The van der Waals surface area contributed by atoms with Crippen molar-refractivity contribution in [1.29, 1.82) is 0 Å². The van der Waals surface area contributed by atoms with E-state index in [4.69, 9.17) is 0 Å². The Morgan fingerprint density at radius 3 is 2.52 bits per heavy atom. The molecule has 1 saturated carbocycles. The summed E-state index contributed by atoms with van der Waals surface area (Å²) in [6, 6.07) is 4.37. The summed E-state index contributed by atoms with van der Waals surface area (Å²) in [5.74, 6) is 1.50. The van der Waals surface area contributed by atoms with E-state index in [9.17, 15) is 18.0 Å². The fourth-order valence-corrected chi connectivity index (χ4v) is 5.02. The molecule has 1 saturated heterocycles. The van der Waals surface area contributed by atoms with Crippen LogP contribution < -0.4 is 16.2 Å². The number of aromatic nitrogens is 2. The molecule has 0 unspecified atom stereocenters. The second-order valence-corrected chi connectivity index (χ2v) is 9.72. The number of hydrogen-bond acceptors (Lipinski definition) is 5. The van der Waals surface area contributed by atoms with E-state index in [1.807, 2.05) is 0 Å². The lowest BCUT2D eigenvalue weighted by atomic mass is 9.78. The molecule has 0 spiro atoms. The molecule has 7 nitrogen and oxygen atoms in total. The number of anilines is 1. The molecule has 2 fully saturated rings. The molecule has 0 atom stereocenters. The maximum atomic E-state index is 13.0. The van der Waals surface area contributed by atoms with Crippen LogP contribution >= 0.6 is 0 Å². The first kappa shape index (κ1) is 23.8. The van der Waals surface area contributed by atoms with Gasteiger partial charge in [0, 0.05) is 37.6 Å². The van der Waals surface area contributed by atoms with Crippen molar-refractivity contribution in [1.82, 2.24) is 25.4 Å². The minimum atomic E-state index is -4.45. The number of rotatable bonds is 7. The number of aryl methyl sites for hydroxylation is 1. The van der Waals surface area contributed by atoms with Crippen LogP contribution in [0, 0.1) is 11.8 Å². The van der Waals surface area contributed by atoms with Crippen molar-refractivity contribution in [3.05, 3.63) is 23.8 Å². The number of fused-ring (bicyclic) bond motifs is 1. The van der Waals surface area contributed by atoms with Crippen LogP contribution in [0.3, 0.4) is 0 Å². The van der Waals surface area contributed by atoms with Crippen LogP contribution in [0.5, 0.6) is 0 Å². The molecule has 182 valence electrons. The summed E-state index contributed by atoms with van der Waals surface area (Å²) in [6.45, 7) is 6.64. The third-order valence-electron chi connectivity index (χ3n) is 7.16. The monoisotopic (exact) mass is 466 g/mol. The van der Waals surface area contributed by atoms with Gasteiger partial charge in [-0.05, 0) is 55.7 Å². The first-order chi connectivity index (χ1) is 15.6. The minimum Gasteiger partial charge on any atom is -0.303 e. The number of likely N-dealkylation sites (tertiary alicyclic amines) is 1. The summed E-state index contributed by atoms with van der Waals surface area (Å²) in [4.78, 5) is 14.8. The Hall–Kier alpha value is -2.33. The molecule has 2 aliphatic rings. The second kappa shape index (κ2) is 9.50. The minimum absolute atomic E-state index is 0.129. The average Bonchev–Trinajstić information content (AvgIpc) is 3.06. The predicted molar refractivity (Wildman–Crippen MR) is 121 cm³/mol. The molecular formula is C23H33F3N6O. The normalized spacial score (nSPS) is 22.5. The smallest absolute Gasteiger partial charge is 0.303 e. The Bertz CT molecular complexity index is 974. The summed E-state index contributed by atoms with van der Waals surface area (Å²) in [6.07, 6.45) is 0.677. The second-order valence-electron chi connectivity index (χ2n) is 9.72. The van der Waals surface area contributed by atoms with Crippen LogP contribution in [0.2, 0.25) is 0 Å². The number of amides is 1. The zero-order valence-corrected chi connectivity index (χ0v) is 19.4. The van der Waals surface area contributed by atoms with E-state index in [0.29, 0.717) is 16.9 Å². The maximum Gasteiger partial charge on any atom is 0.416 e. The fraction of sp³-hybridized carbons (Fsp3) is 0.652. The Labute approximate surface area is 192 Å². The van der Waals surface area contributed by atoms with Crippen LogP contribution in [0.1, 0.15) is 45.1 Å². The van der Waals surface area contributed by atoms with Crippen molar-refractivity contribution in [3.8, 4) is 0 Å². The van der Waals surface area contributed by atoms with Crippen molar-refractivity contribution in [2.75, 3.05) is 25.1 Å². The number of hydrazine groups is 1. The molecule has 1 aliphatic carbocycles. The van der Waals surface area contributed by atoms with Gasteiger partial charge in [0.1, 0.15) is 0 Å². The molecule has 1 aliphatic heterocycles.